The van der Waals surface area contributed by atoms with Gasteiger partial charge in [-0.15, -0.1) is 0 Å². The number of halogens is 1. The molecule has 3 nitrogen and oxygen atoms in total. The SMILES string of the molecule is CCOc1c(Br)cc(O)cc1OC. The van der Waals surface area contributed by atoms with E-state index in [0.717, 1.165) is 0 Å². The molecule has 0 aliphatic carbocycles. The van der Waals surface area contributed by atoms with Crippen LogP contribution in [0.5, 0.6) is 17.2 Å². The molecule has 0 heterocycles. The van der Waals surface area contributed by atoms with Crippen LogP contribution in [-0.4, -0.2) is 18.8 Å². The topological polar surface area (TPSA) is 38.7 Å². The highest BCUT2D eigenvalue weighted by molar-refractivity contribution is 9.10. The molecule has 0 fully saturated rings. The fourth-order valence-electron chi connectivity index (χ4n) is 0.991. The van der Waals surface area contributed by atoms with Crippen LogP contribution < -0.4 is 9.47 Å². The average Bonchev–Trinajstić information content (AvgIpc) is 2.09. The first-order valence-electron chi connectivity index (χ1n) is 3.88. The Hall–Kier alpha value is -0.900. The van der Waals surface area contributed by atoms with Gasteiger partial charge in [0, 0.05) is 6.07 Å². The highest BCUT2D eigenvalue weighted by Crippen LogP contribution is 2.38. The minimum Gasteiger partial charge on any atom is -0.508 e. The van der Waals surface area contributed by atoms with Gasteiger partial charge in [-0.25, -0.2) is 0 Å². The molecule has 1 N–H and O–H groups in total. The van der Waals surface area contributed by atoms with Crippen LogP contribution in [0, 0.1) is 0 Å². The molecule has 0 amide bonds. The van der Waals surface area contributed by atoms with E-state index in [0.29, 0.717) is 22.6 Å². The van der Waals surface area contributed by atoms with Gasteiger partial charge in [0.15, 0.2) is 11.5 Å². The summed E-state index contributed by atoms with van der Waals surface area (Å²) >= 11 is 3.27. The maximum atomic E-state index is 9.25. The summed E-state index contributed by atoms with van der Waals surface area (Å²) in [6.45, 7) is 2.44. The fourth-order valence-corrected chi connectivity index (χ4v) is 1.54. The molecule has 1 aromatic carbocycles. The summed E-state index contributed by atoms with van der Waals surface area (Å²) in [5.41, 5.74) is 0. The molecule has 0 aliphatic heterocycles. The van der Waals surface area contributed by atoms with Gasteiger partial charge >= 0.3 is 0 Å². The van der Waals surface area contributed by atoms with E-state index in [9.17, 15) is 5.11 Å². The summed E-state index contributed by atoms with van der Waals surface area (Å²) in [7, 11) is 1.53. The standard InChI is InChI=1S/C9H11BrO3/c1-3-13-9-7(10)4-6(11)5-8(9)12-2/h4-5,11H,3H2,1-2H3. The molecule has 0 aliphatic rings. The Labute approximate surface area is 85.4 Å². The lowest BCUT2D eigenvalue weighted by molar-refractivity contribution is 0.307. The Morgan fingerprint density at radius 3 is 2.69 bits per heavy atom. The molecule has 0 aromatic heterocycles. The fraction of sp³-hybridized carbons (Fsp3) is 0.333. The van der Waals surface area contributed by atoms with Crippen LogP contribution in [0.4, 0.5) is 0 Å². The van der Waals surface area contributed by atoms with Crippen molar-refractivity contribution in [3.05, 3.63) is 16.6 Å². The van der Waals surface area contributed by atoms with Crippen molar-refractivity contribution in [1.29, 1.82) is 0 Å². The number of methoxy groups -OCH3 is 1. The van der Waals surface area contributed by atoms with E-state index >= 15 is 0 Å². The molecule has 1 aromatic rings. The molecule has 4 heteroatoms. The highest BCUT2D eigenvalue weighted by atomic mass is 79.9. The monoisotopic (exact) mass is 246 g/mol. The van der Waals surface area contributed by atoms with Gasteiger partial charge in [-0.05, 0) is 28.9 Å². The normalized spacial score (nSPS) is 9.77. The second kappa shape index (κ2) is 4.37. The van der Waals surface area contributed by atoms with Gasteiger partial charge in [0.05, 0.1) is 18.2 Å². The van der Waals surface area contributed by atoms with Crippen LogP contribution in [0.3, 0.4) is 0 Å². The van der Waals surface area contributed by atoms with E-state index < -0.39 is 0 Å². The van der Waals surface area contributed by atoms with E-state index in [2.05, 4.69) is 15.9 Å². The minimum absolute atomic E-state index is 0.146. The third-order valence-electron chi connectivity index (χ3n) is 1.50. The summed E-state index contributed by atoms with van der Waals surface area (Å²) in [5, 5.41) is 9.25. The first kappa shape index (κ1) is 10.2. The van der Waals surface area contributed by atoms with Gasteiger partial charge in [0.1, 0.15) is 5.75 Å². The third-order valence-corrected chi connectivity index (χ3v) is 2.09. The van der Waals surface area contributed by atoms with E-state index in [4.69, 9.17) is 9.47 Å². The lowest BCUT2D eigenvalue weighted by Gasteiger charge is -2.11. The van der Waals surface area contributed by atoms with Crippen molar-refractivity contribution >= 4 is 15.9 Å². The number of phenolic OH excluding ortho intramolecular Hbond substituents is 1. The molecule has 13 heavy (non-hydrogen) atoms. The summed E-state index contributed by atoms with van der Waals surface area (Å²) in [6.07, 6.45) is 0. The first-order valence-corrected chi connectivity index (χ1v) is 4.67. The van der Waals surface area contributed by atoms with Crippen molar-refractivity contribution in [2.45, 2.75) is 6.92 Å². The summed E-state index contributed by atoms with van der Waals surface area (Å²) in [6, 6.07) is 3.07. The Morgan fingerprint density at radius 2 is 2.15 bits per heavy atom. The van der Waals surface area contributed by atoms with Crippen LogP contribution in [0.25, 0.3) is 0 Å². The number of phenols is 1. The van der Waals surface area contributed by atoms with E-state index in [1.54, 1.807) is 6.07 Å². The number of rotatable bonds is 3. The zero-order chi connectivity index (χ0) is 9.84. The molecule has 0 spiro atoms. The zero-order valence-corrected chi connectivity index (χ0v) is 9.09. The molecule has 0 atom stereocenters. The molecule has 0 unspecified atom stereocenters. The lowest BCUT2D eigenvalue weighted by atomic mass is 10.3. The molecule has 0 bridgehead atoms. The van der Waals surface area contributed by atoms with Crippen molar-refractivity contribution < 1.29 is 14.6 Å². The van der Waals surface area contributed by atoms with Gasteiger partial charge in [-0.1, -0.05) is 0 Å². The number of ether oxygens (including phenoxy) is 2. The molecular formula is C9H11BrO3. The number of hydrogen-bond acceptors (Lipinski definition) is 3. The molecule has 72 valence electrons. The van der Waals surface area contributed by atoms with Crippen LogP contribution in [0.2, 0.25) is 0 Å². The van der Waals surface area contributed by atoms with Crippen LogP contribution in [-0.2, 0) is 0 Å². The van der Waals surface area contributed by atoms with E-state index in [1.807, 2.05) is 6.92 Å². The Bertz CT molecular complexity index is 299. The predicted octanol–water partition coefficient (Wildman–Crippen LogP) is 2.56. The number of hydrogen-bond donors (Lipinski definition) is 1. The summed E-state index contributed by atoms with van der Waals surface area (Å²) in [5.74, 6) is 1.28. The lowest BCUT2D eigenvalue weighted by Crippen LogP contribution is -1.95. The molecule has 0 saturated carbocycles. The quantitative estimate of drug-likeness (QED) is 0.892. The van der Waals surface area contributed by atoms with Crippen LogP contribution in [0.15, 0.2) is 16.6 Å². The molecule has 1 rings (SSSR count). The summed E-state index contributed by atoms with van der Waals surface area (Å²) in [4.78, 5) is 0. The predicted molar refractivity (Wildman–Crippen MR) is 53.5 cm³/mol. The van der Waals surface area contributed by atoms with Gasteiger partial charge in [0.25, 0.3) is 0 Å². The Kier molecular flexibility index (Phi) is 3.42. The molecule has 0 saturated heterocycles. The van der Waals surface area contributed by atoms with Crippen LogP contribution >= 0.6 is 15.9 Å². The van der Waals surface area contributed by atoms with E-state index in [-0.39, 0.29) is 5.75 Å². The van der Waals surface area contributed by atoms with Gasteiger partial charge < -0.3 is 14.6 Å². The van der Waals surface area contributed by atoms with Gasteiger partial charge in [0.2, 0.25) is 0 Å². The highest BCUT2D eigenvalue weighted by Gasteiger charge is 2.10. The second-order valence-corrected chi connectivity index (χ2v) is 3.25. The smallest absolute Gasteiger partial charge is 0.175 e. The average molecular weight is 247 g/mol. The van der Waals surface area contributed by atoms with E-state index in [1.165, 1.54) is 13.2 Å². The third kappa shape index (κ3) is 2.28. The molecular weight excluding hydrogens is 236 g/mol. The van der Waals surface area contributed by atoms with Gasteiger partial charge in [-0.2, -0.15) is 0 Å². The Balaban J connectivity index is 3.13. The van der Waals surface area contributed by atoms with Crippen molar-refractivity contribution in [1.82, 2.24) is 0 Å². The zero-order valence-electron chi connectivity index (χ0n) is 7.50. The summed E-state index contributed by atoms with van der Waals surface area (Å²) < 4.78 is 11.1. The second-order valence-electron chi connectivity index (χ2n) is 2.39. The largest absolute Gasteiger partial charge is 0.508 e. The van der Waals surface area contributed by atoms with Crippen molar-refractivity contribution in [3.63, 3.8) is 0 Å². The number of benzene rings is 1. The van der Waals surface area contributed by atoms with Crippen LogP contribution in [0.1, 0.15) is 6.92 Å². The maximum absolute atomic E-state index is 9.25. The first-order chi connectivity index (χ1) is 6.19. The molecule has 0 radical (unpaired) electrons. The van der Waals surface area contributed by atoms with Gasteiger partial charge in [-0.3, -0.25) is 0 Å². The number of aromatic hydroxyl groups is 1. The maximum Gasteiger partial charge on any atom is 0.175 e. The van der Waals surface area contributed by atoms with Crippen molar-refractivity contribution in [2.24, 2.45) is 0 Å². The van der Waals surface area contributed by atoms with Crippen molar-refractivity contribution in [3.8, 4) is 17.2 Å². The minimum atomic E-state index is 0.146. The van der Waals surface area contributed by atoms with Crippen molar-refractivity contribution in [2.75, 3.05) is 13.7 Å². The Morgan fingerprint density at radius 1 is 1.46 bits per heavy atom.